The highest BCUT2D eigenvalue weighted by atomic mass is 32.1. The number of carbonyl (C=O) groups is 1. The molecule has 6 nitrogen and oxygen atoms in total. The van der Waals surface area contributed by atoms with Gasteiger partial charge in [0.05, 0.1) is 9.80 Å². The van der Waals surface area contributed by atoms with Gasteiger partial charge < -0.3 is 0 Å². The average molecular weight is 223 g/mol. The monoisotopic (exact) mass is 223 g/mol. The van der Waals surface area contributed by atoms with Crippen LogP contribution in [0.15, 0.2) is 24.5 Å². The van der Waals surface area contributed by atoms with E-state index in [1.54, 1.807) is 12.3 Å². The minimum atomic E-state index is -0.519. The van der Waals surface area contributed by atoms with Crippen molar-refractivity contribution in [2.24, 2.45) is 0 Å². The molecule has 0 atom stereocenters. The molecule has 0 saturated heterocycles. The van der Waals surface area contributed by atoms with E-state index in [0.29, 0.717) is 16.9 Å². The summed E-state index contributed by atoms with van der Waals surface area (Å²) in [6.07, 6.45) is 3.69. The zero-order valence-electron chi connectivity index (χ0n) is 7.36. The summed E-state index contributed by atoms with van der Waals surface area (Å²) in [5.41, 5.74) is 0.317. The van der Waals surface area contributed by atoms with Crippen molar-refractivity contribution < 1.29 is 9.72 Å². The Labute approximate surface area is 87.9 Å². The predicted molar refractivity (Wildman–Crippen MR) is 53.5 cm³/mol. The fourth-order valence-corrected chi connectivity index (χ4v) is 1.93. The third-order valence-electron chi connectivity index (χ3n) is 1.75. The van der Waals surface area contributed by atoms with Crippen LogP contribution in [0.3, 0.4) is 0 Å². The number of hydrogen-bond donors (Lipinski definition) is 0. The molecule has 7 heteroatoms. The largest absolute Gasteiger partial charge is 0.350 e. The van der Waals surface area contributed by atoms with Gasteiger partial charge in [-0.1, -0.05) is 11.3 Å². The second kappa shape index (κ2) is 3.62. The summed E-state index contributed by atoms with van der Waals surface area (Å²) in [5.74, 6) is 0. The van der Waals surface area contributed by atoms with Crippen LogP contribution in [0.1, 0.15) is 9.67 Å². The fourth-order valence-electron chi connectivity index (χ4n) is 1.15. The van der Waals surface area contributed by atoms with Crippen LogP contribution in [0.4, 0.5) is 5.00 Å². The average Bonchev–Trinajstić information content (AvgIpc) is 2.86. The maximum Gasteiger partial charge on any atom is 0.350 e. The van der Waals surface area contributed by atoms with E-state index >= 15 is 0 Å². The molecule has 0 radical (unpaired) electrons. The Hall–Kier alpha value is -2.02. The molecule has 2 rings (SSSR count). The molecule has 0 spiro atoms. The van der Waals surface area contributed by atoms with Gasteiger partial charge in [0.2, 0.25) is 0 Å². The second-order valence-corrected chi connectivity index (χ2v) is 3.73. The Balaban J connectivity index is 2.59. The van der Waals surface area contributed by atoms with Crippen LogP contribution in [-0.2, 0) is 0 Å². The van der Waals surface area contributed by atoms with Gasteiger partial charge in [-0.15, -0.1) is 0 Å². The van der Waals surface area contributed by atoms with Crippen LogP contribution >= 0.6 is 11.3 Å². The van der Waals surface area contributed by atoms with Gasteiger partial charge in [0.25, 0.3) is 0 Å². The number of aldehydes is 1. The van der Waals surface area contributed by atoms with Crippen molar-refractivity contribution in [3.05, 3.63) is 39.5 Å². The molecular formula is C8H5N3O3S. The van der Waals surface area contributed by atoms with Crippen LogP contribution in [0, 0.1) is 10.1 Å². The van der Waals surface area contributed by atoms with Crippen LogP contribution < -0.4 is 0 Å². The molecule has 15 heavy (non-hydrogen) atoms. The van der Waals surface area contributed by atoms with Crippen LogP contribution in [0.2, 0.25) is 0 Å². The van der Waals surface area contributed by atoms with E-state index in [9.17, 15) is 14.9 Å². The van der Waals surface area contributed by atoms with Crippen LogP contribution in [0.5, 0.6) is 0 Å². The maximum atomic E-state index is 10.7. The van der Waals surface area contributed by atoms with Crippen molar-refractivity contribution in [3.8, 4) is 5.69 Å². The molecule has 0 aliphatic carbocycles. The molecule has 0 N–H and O–H groups in total. The van der Waals surface area contributed by atoms with Gasteiger partial charge in [0.15, 0.2) is 12.0 Å². The van der Waals surface area contributed by atoms with Gasteiger partial charge >= 0.3 is 5.00 Å². The van der Waals surface area contributed by atoms with Gasteiger partial charge in [0, 0.05) is 12.4 Å². The summed E-state index contributed by atoms with van der Waals surface area (Å²) < 4.78 is 1.36. The number of nitrogens with zero attached hydrogens (tertiary/aromatic N) is 3. The van der Waals surface area contributed by atoms with Crippen molar-refractivity contribution in [2.45, 2.75) is 0 Å². The minimum Gasteiger partial charge on any atom is -0.297 e. The molecule has 2 aromatic heterocycles. The fraction of sp³-hybridized carbons (Fsp3) is 0. The van der Waals surface area contributed by atoms with Gasteiger partial charge in [-0.05, 0) is 12.1 Å². The molecule has 2 aromatic rings. The lowest BCUT2D eigenvalue weighted by atomic mass is 10.4. The van der Waals surface area contributed by atoms with Gasteiger partial charge in [-0.2, -0.15) is 5.10 Å². The topological polar surface area (TPSA) is 78.0 Å². The first-order chi connectivity index (χ1) is 7.22. The molecule has 2 heterocycles. The van der Waals surface area contributed by atoms with Crippen molar-refractivity contribution in [3.63, 3.8) is 0 Å². The predicted octanol–water partition coefficient (Wildman–Crippen LogP) is 1.65. The second-order valence-electron chi connectivity index (χ2n) is 2.66. The first-order valence-corrected chi connectivity index (χ1v) is 4.77. The maximum absolute atomic E-state index is 10.7. The number of carbonyl (C=O) groups excluding carboxylic acids is 1. The molecule has 0 amide bonds. The Morgan fingerprint density at radius 1 is 1.60 bits per heavy atom. The van der Waals surface area contributed by atoms with E-state index in [1.807, 2.05) is 0 Å². The van der Waals surface area contributed by atoms with E-state index in [-0.39, 0.29) is 5.00 Å². The summed E-state index contributed by atoms with van der Waals surface area (Å²) in [5, 5.41) is 14.5. The van der Waals surface area contributed by atoms with Crippen molar-refractivity contribution in [2.75, 3.05) is 0 Å². The van der Waals surface area contributed by atoms with Gasteiger partial charge in [-0.25, -0.2) is 4.68 Å². The zero-order valence-corrected chi connectivity index (χ0v) is 8.18. The van der Waals surface area contributed by atoms with Crippen LogP contribution in [-0.4, -0.2) is 21.0 Å². The summed E-state index contributed by atoms with van der Waals surface area (Å²) in [6.45, 7) is 0. The number of thiophene rings is 1. The third kappa shape index (κ3) is 1.64. The van der Waals surface area contributed by atoms with Crippen molar-refractivity contribution in [1.29, 1.82) is 0 Å². The SMILES string of the molecule is O=Cc1cc(-n2cccn2)c([N+](=O)[O-])s1. The Bertz CT molecular complexity index is 503. The Morgan fingerprint density at radius 2 is 2.40 bits per heavy atom. The highest BCUT2D eigenvalue weighted by molar-refractivity contribution is 7.17. The quantitative estimate of drug-likeness (QED) is 0.450. The third-order valence-corrected chi connectivity index (χ3v) is 2.75. The van der Waals surface area contributed by atoms with E-state index in [0.717, 1.165) is 11.3 Å². The van der Waals surface area contributed by atoms with E-state index in [1.165, 1.54) is 16.9 Å². The zero-order chi connectivity index (χ0) is 10.8. The van der Waals surface area contributed by atoms with Gasteiger partial charge in [-0.3, -0.25) is 14.9 Å². The number of hydrogen-bond acceptors (Lipinski definition) is 5. The number of rotatable bonds is 3. The molecule has 0 bridgehead atoms. The lowest BCUT2D eigenvalue weighted by Gasteiger charge is -1.94. The minimum absolute atomic E-state index is 0.0826. The molecule has 0 unspecified atom stereocenters. The number of aromatic nitrogens is 2. The molecule has 76 valence electrons. The standard InChI is InChI=1S/C8H5N3O3S/c12-5-6-4-7(8(15-6)11(13)14)10-3-1-2-9-10/h1-5H. The normalized spacial score (nSPS) is 10.1. The lowest BCUT2D eigenvalue weighted by molar-refractivity contribution is -0.380. The first-order valence-electron chi connectivity index (χ1n) is 3.96. The highest BCUT2D eigenvalue weighted by Crippen LogP contribution is 2.31. The molecule has 0 fully saturated rings. The van der Waals surface area contributed by atoms with E-state index in [4.69, 9.17) is 0 Å². The summed E-state index contributed by atoms with van der Waals surface area (Å²) in [4.78, 5) is 21.0. The highest BCUT2D eigenvalue weighted by Gasteiger charge is 2.20. The molecular weight excluding hydrogens is 218 g/mol. The number of nitro groups is 1. The summed E-state index contributed by atoms with van der Waals surface area (Å²) in [7, 11) is 0. The smallest absolute Gasteiger partial charge is 0.297 e. The first kappa shape index (κ1) is 9.53. The van der Waals surface area contributed by atoms with E-state index in [2.05, 4.69) is 5.10 Å². The van der Waals surface area contributed by atoms with Crippen molar-refractivity contribution >= 4 is 22.6 Å². The van der Waals surface area contributed by atoms with Crippen molar-refractivity contribution in [1.82, 2.24) is 9.78 Å². The van der Waals surface area contributed by atoms with Crippen LogP contribution in [0.25, 0.3) is 5.69 Å². The Kier molecular flexibility index (Phi) is 2.30. The van der Waals surface area contributed by atoms with Gasteiger partial charge in [0.1, 0.15) is 0 Å². The molecule has 0 aliphatic heterocycles. The lowest BCUT2D eigenvalue weighted by Crippen LogP contribution is -1.96. The molecule has 0 aliphatic rings. The molecule has 0 aromatic carbocycles. The summed E-state index contributed by atoms with van der Waals surface area (Å²) in [6, 6.07) is 3.10. The Morgan fingerprint density at radius 3 is 2.93 bits per heavy atom. The molecule has 0 saturated carbocycles. The van der Waals surface area contributed by atoms with E-state index < -0.39 is 4.92 Å². The summed E-state index contributed by atoms with van der Waals surface area (Å²) >= 11 is 0.838.